The van der Waals surface area contributed by atoms with Gasteiger partial charge in [-0.25, -0.2) is 0 Å². The standard InChI is InChI=1S/C18H20BrNO/c1-13(21)17-9-8-16(19)11-18(17)20-10-4-7-14-5-2-3-6-15(14)12-20/h2-3,5-6,8-9,11,13,21H,4,7,10,12H2,1H3. The smallest absolute Gasteiger partial charge is 0.0782 e. The van der Waals surface area contributed by atoms with Crippen molar-refractivity contribution in [2.45, 2.75) is 32.4 Å². The van der Waals surface area contributed by atoms with Gasteiger partial charge in [0.15, 0.2) is 0 Å². The highest BCUT2D eigenvalue weighted by atomic mass is 79.9. The Morgan fingerprint density at radius 2 is 1.90 bits per heavy atom. The van der Waals surface area contributed by atoms with E-state index in [0.29, 0.717) is 0 Å². The van der Waals surface area contributed by atoms with Crippen molar-refractivity contribution in [3.8, 4) is 0 Å². The first kappa shape index (κ1) is 14.6. The van der Waals surface area contributed by atoms with Crippen LogP contribution in [0.2, 0.25) is 0 Å². The molecule has 0 aromatic heterocycles. The van der Waals surface area contributed by atoms with Crippen LogP contribution < -0.4 is 4.90 Å². The van der Waals surface area contributed by atoms with Crippen LogP contribution in [0.4, 0.5) is 5.69 Å². The summed E-state index contributed by atoms with van der Waals surface area (Å²) in [5.41, 5.74) is 4.98. The second-order valence-electron chi connectivity index (χ2n) is 5.67. The highest BCUT2D eigenvalue weighted by Gasteiger charge is 2.18. The van der Waals surface area contributed by atoms with E-state index in [9.17, 15) is 5.11 Å². The molecule has 1 unspecified atom stereocenters. The molecule has 0 radical (unpaired) electrons. The summed E-state index contributed by atoms with van der Waals surface area (Å²) in [5.74, 6) is 0. The Kier molecular flexibility index (Phi) is 4.32. The number of benzene rings is 2. The Balaban J connectivity index is 1.99. The first-order chi connectivity index (χ1) is 10.1. The van der Waals surface area contributed by atoms with Crippen LogP contribution in [0.3, 0.4) is 0 Å². The van der Waals surface area contributed by atoms with E-state index < -0.39 is 6.10 Å². The number of aryl methyl sites for hydroxylation is 1. The van der Waals surface area contributed by atoms with Crippen LogP contribution in [-0.4, -0.2) is 11.7 Å². The van der Waals surface area contributed by atoms with Crippen molar-refractivity contribution in [2.24, 2.45) is 0 Å². The number of halogens is 1. The Labute approximate surface area is 134 Å². The first-order valence-electron chi connectivity index (χ1n) is 7.44. The molecule has 2 nitrogen and oxygen atoms in total. The minimum Gasteiger partial charge on any atom is -0.389 e. The van der Waals surface area contributed by atoms with Gasteiger partial charge in [-0.2, -0.15) is 0 Å². The summed E-state index contributed by atoms with van der Waals surface area (Å²) in [7, 11) is 0. The SMILES string of the molecule is CC(O)c1ccc(Br)cc1N1CCCc2ccccc2C1. The summed E-state index contributed by atoms with van der Waals surface area (Å²) < 4.78 is 1.06. The van der Waals surface area contributed by atoms with E-state index in [2.05, 4.69) is 51.2 Å². The Hall–Kier alpha value is -1.32. The zero-order chi connectivity index (χ0) is 14.8. The molecule has 1 aliphatic heterocycles. The third-order valence-corrected chi connectivity index (χ3v) is 4.63. The summed E-state index contributed by atoms with van der Waals surface area (Å²) in [6, 6.07) is 14.8. The fourth-order valence-electron chi connectivity index (χ4n) is 3.05. The number of aliphatic hydroxyl groups is 1. The molecule has 0 aliphatic carbocycles. The number of rotatable bonds is 2. The van der Waals surface area contributed by atoms with Crippen LogP contribution in [0.25, 0.3) is 0 Å². The number of anilines is 1. The van der Waals surface area contributed by atoms with Gasteiger partial charge in [-0.3, -0.25) is 0 Å². The van der Waals surface area contributed by atoms with Crippen molar-refractivity contribution in [3.63, 3.8) is 0 Å². The molecular weight excluding hydrogens is 326 g/mol. The summed E-state index contributed by atoms with van der Waals surface area (Å²) >= 11 is 3.56. The van der Waals surface area contributed by atoms with Gasteiger partial charge in [0.25, 0.3) is 0 Å². The lowest BCUT2D eigenvalue weighted by Crippen LogP contribution is -2.24. The van der Waals surface area contributed by atoms with E-state index in [4.69, 9.17) is 0 Å². The third-order valence-electron chi connectivity index (χ3n) is 4.14. The number of nitrogens with zero attached hydrogens (tertiary/aromatic N) is 1. The van der Waals surface area contributed by atoms with E-state index in [0.717, 1.165) is 41.7 Å². The second kappa shape index (κ2) is 6.20. The summed E-state index contributed by atoms with van der Waals surface area (Å²) in [5, 5.41) is 10.0. The molecule has 0 saturated carbocycles. The predicted molar refractivity (Wildman–Crippen MR) is 90.6 cm³/mol. The van der Waals surface area contributed by atoms with Gasteiger partial charge in [0.2, 0.25) is 0 Å². The van der Waals surface area contributed by atoms with Crippen molar-refractivity contribution in [1.82, 2.24) is 0 Å². The van der Waals surface area contributed by atoms with Crippen molar-refractivity contribution in [1.29, 1.82) is 0 Å². The molecule has 1 N–H and O–H groups in total. The maximum Gasteiger partial charge on any atom is 0.0782 e. The van der Waals surface area contributed by atoms with Crippen LogP contribution >= 0.6 is 15.9 Å². The lowest BCUT2D eigenvalue weighted by molar-refractivity contribution is 0.199. The lowest BCUT2D eigenvalue weighted by Gasteiger charge is -2.27. The zero-order valence-corrected chi connectivity index (χ0v) is 13.8. The van der Waals surface area contributed by atoms with Crippen LogP contribution in [0.1, 0.15) is 36.1 Å². The van der Waals surface area contributed by atoms with Gasteiger partial charge in [-0.15, -0.1) is 0 Å². The molecule has 0 bridgehead atoms. The van der Waals surface area contributed by atoms with E-state index in [1.807, 2.05) is 19.1 Å². The quantitative estimate of drug-likeness (QED) is 0.868. The van der Waals surface area contributed by atoms with E-state index in [1.54, 1.807) is 0 Å². The van der Waals surface area contributed by atoms with Gasteiger partial charge >= 0.3 is 0 Å². The molecule has 1 atom stereocenters. The summed E-state index contributed by atoms with van der Waals surface area (Å²) in [4.78, 5) is 2.39. The molecule has 0 spiro atoms. The number of aliphatic hydroxyl groups excluding tert-OH is 1. The molecule has 2 aromatic rings. The molecule has 3 rings (SSSR count). The fraction of sp³-hybridized carbons (Fsp3) is 0.333. The summed E-state index contributed by atoms with van der Waals surface area (Å²) in [6.07, 6.45) is 1.82. The minimum absolute atomic E-state index is 0.452. The third kappa shape index (κ3) is 3.14. The molecule has 0 fully saturated rings. The maximum atomic E-state index is 10.0. The van der Waals surface area contributed by atoms with Gasteiger partial charge < -0.3 is 10.0 Å². The Bertz CT molecular complexity index is 639. The van der Waals surface area contributed by atoms with E-state index >= 15 is 0 Å². The van der Waals surface area contributed by atoms with Crippen molar-refractivity contribution < 1.29 is 5.11 Å². The van der Waals surface area contributed by atoms with Crippen LogP contribution in [0.15, 0.2) is 46.9 Å². The Morgan fingerprint density at radius 3 is 2.67 bits per heavy atom. The van der Waals surface area contributed by atoms with Crippen molar-refractivity contribution >= 4 is 21.6 Å². The monoisotopic (exact) mass is 345 g/mol. The number of fused-ring (bicyclic) bond motifs is 1. The van der Waals surface area contributed by atoms with Crippen LogP contribution in [0.5, 0.6) is 0 Å². The van der Waals surface area contributed by atoms with Gasteiger partial charge in [0, 0.05) is 28.8 Å². The number of hydrogen-bond acceptors (Lipinski definition) is 2. The molecule has 21 heavy (non-hydrogen) atoms. The molecule has 1 heterocycles. The topological polar surface area (TPSA) is 23.5 Å². The van der Waals surface area contributed by atoms with E-state index in [1.165, 1.54) is 11.1 Å². The normalized spacial score (nSPS) is 16.2. The van der Waals surface area contributed by atoms with Crippen LogP contribution in [-0.2, 0) is 13.0 Å². The largest absolute Gasteiger partial charge is 0.389 e. The summed E-state index contributed by atoms with van der Waals surface area (Å²) in [6.45, 7) is 3.76. The molecule has 0 amide bonds. The average molecular weight is 346 g/mol. The molecule has 110 valence electrons. The van der Waals surface area contributed by atoms with E-state index in [-0.39, 0.29) is 0 Å². The van der Waals surface area contributed by atoms with Gasteiger partial charge in [-0.1, -0.05) is 46.3 Å². The molecule has 3 heteroatoms. The van der Waals surface area contributed by atoms with Crippen LogP contribution in [0, 0.1) is 0 Å². The Morgan fingerprint density at radius 1 is 1.14 bits per heavy atom. The molecule has 1 aliphatic rings. The fourth-order valence-corrected chi connectivity index (χ4v) is 3.40. The lowest BCUT2D eigenvalue weighted by atomic mass is 10.0. The van der Waals surface area contributed by atoms with Gasteiger partial charge in [0.05, 0.1) is 6.10 Å². The predicted octanol–water partition coefficient (Wildman–Crippen LogP) is 4.46. The van der Waals surface area contributed by atoms with Gasteiger partial charge in [0.1, 0.15) is 0 Å². The zero-order valence-electron chi connectivity index (χ0n) is 12.2. The molecule has 2 aromatic carbocycles. The van der Waals surface area contributed by atoms with Gasteiger partial charge in [-0.05, 0) is 43.0 Å². The van der Waals surface area contributed by atoms with Crippen molar-refractivity contribution in [2.75, 3.05) is 11.4 Å². The average Bonchev–Trinajstić information content (AvgIpc) is 2.68. The molecular formula is C18H20BrNO. The maximum absolute atomic E-state index is 10.0. The molecule has 0 saturated heterocycles. The van der Waals surface area contributed by atoms with Crippen molar-refractivity contribution in [3.05, 3.63) is 63.6 Å². The minimum atomic E-state index is -0.452. The highest BCUT2D eigenvalue weighted by Crippen LogP contribution is 2.32. The second-order valence-corrected chi connectivity index (χ2v) is 6.59. The highest BCUT2D eigenvalue weighted by molar-refractivity contribution is 9.10. The first-order valence-corrected chi connectivity index (χ1v) is 8.23. The number of hydrogen-bond donors (Lipinski definition) is 1.